The van der Waals surface area contributed by atoms with Crippen LogP contribution in [0.4, 0.5) is 0 Å². The SMILES string of the molecule is Cc1cc(C)n2nc(C(=O)O[C@H](C)C(=O)c3cc(C)c(C)cc3C)nc2n1. The molecule has 0 fully saturated rings. The monoisotopic (exact) mass is 366 g/mol. The van der Waals surface area contributed by atoms with E-state index in [2.05, 4.69) is 15.1 Å². The quantitative estimate of drug-likeness (QED) is 0.521. The molecular weight excluding hydrogens is 344 g/mol. The number of ketones is 1. The van der Waals surface area contributed by atoms with Gasteiger partial charge in [0.05, 0.1) is 0 Å². The van der Waals surface area contributed by atoms with Crippen LogP contribution in [0.25, 0.3) is 5.78 Å². The average molecular weight is 366 g/mol. The Morgan fingerprint density at radius 1 is 0.963 bits per heavy atom. The smallest absolute Gasteiger partial charge is 0.379 e. The average Bonchev–Trinajstić information content (AvgIpc) is 3.02. The van der Waals surface area contributed by atoms with Gasteiger partial charge in [-0.1, -0.05) is 6.07 Å². The molecule has 1 atom stereocenters. The minimum absolute atomic E-state index is 0.118. The number of carbonyl (C=O) groups excluding carboxylic acids is 2. The summed E-state index contributed by atoms with van der Waals surface area (Å²) in [4.78, 5) is 33.5. The molecule has 0 spiro atoms. The predicted octanol–water partition coefficient (Wildman–Crippen LogP) is 3.09. The van der Waals surface area contributed by atoms with Crippen LogP contribution in [0, 0.1) is 34.6 Å². The molecule has 0 unspecified atom stereocenters. The maximum Gasteiger partial charge on any atom is 0.379 e. The summed E-state index contributed by atoms with van der Waals surface area (Å²) < 4.78 is 6.80. The van der Waals surface area contributed by atoms with Gasteiger partial charge in [0.15, 0.2) is 6.10 Å². The number of aromatic nitrogens is 4. The number of Topliss-reactive ketones (excluding diaryl/α,β-unsaturated/α-hetero) is 1. The summed E-state index contributed by atoms with van der Waals surface area (Å²) in [6.45, 7) is 11.0. The lowest BCUT2D eigenvalue weighted by Crippen LogP contribution is -2.25. The first-order chi connectivity index (χ1) is 12.7. The topological polar surface area (TPSA) is 86.5 Å². The standard InChI is InChI=1S/C20H22N4O3/c1-10-7-12(3)16(8-11(10)2)17(25)15(6)27-19(26)18-22-20-21-13(4)9-14(5)24(20)23-18/h7-9,15H,1-6H3/t15-/m1/s1. The Balaban J connectivity index is 1.82. The third kappa shape index (κ3) is 3.58. The fraction of sp³-hybridized carbons (Fsp3) is 0.350. The summed E-state index contributed by atoms with van der Waals surface area (Å²) in [7, 11) is 0. The molecule has 3 aromatic rings. The maximum absolute atomic E-state index is 12.7. The summed E-state index contributed by atoms with van der Waals surface area (Å²) >= 11 is 0. The Labute approximate surface area is 157 Å². The molecule has 27 heavy (non-hydrogen) atoms. The first-order valence-electron chi connectivity index (χ1n) is 8.71. The number of hydrogen-bond acceptors (Lipinski definition) is 6. The van der Waals surface area contributed by atoms with Crippen molar-refractivity contribution in [1.29, 1.82) is 0 Å². The number of fused-ring (bicyclic) bond motifs is 1. The first-order valence-corrected chi connectivity index (χ1v) is 8.71. The van der Waals surface area contributed by atoms with E-state index in [-0.39, 0.29) is 11.6 Å². The summed E-state index contributed by atoms with van der Waals surface area (Å²) in [5.41, 5.74) is 5.11. The zero-order valence-electron chi connectivity index (χ0n) is 16.3. The minimum atomic E-state index is -0.944. The number of esters is 1. The first kappa shape index (κ1) is 18.7. The van der Waals surface area contributed by atoms with Crippen LogP contribution in [0.1, 0.15) is 56.0 Å². The van der Waals surface area contributed by atoms with E-state index in [0.29, 0.717) is 11.3 Å². The van der Waals surface area contributed by atoms with Crippen LogP contribution in [0.3, 0.4) is 0 Å². The second-order valence-corrected chi connectivity index (χ2v) is 6.85. The van der Waals surface area contributed by atoms with Crippen molar-refractivity contribution >= 4 is 17.5 Å². The van der Waals surface area contributed by atoms with Gasteiger partial charge in [-0.3, -0.25) is 4.79 Å². The van der Waals surface area contributed by atoms with Gasteiger partial charge in [-0.05, 0) is 70.4 Å². The zero-order chi connectivity index (χ0) is 19.9. The van der Waals surface area contributed by atoms with E-state index in [1.807, 2.05) is 52.8 Å². The third-order valence-electron chi connectivity index (χ3n) is 4.56. The Morgan fingerprint density at radius 2 is 1.63 bits per heavy atom. The van der Waals surface area contributed by atoms with Gasteiger partial charge in [0.25, 0.3) is 11.6 Å². The summed E-state index contributed by atoms with van der Waals surface area (Å²) in [5, 5.41) is 4.14. The van der Waals surface area contributed by atoms with E-state index < -0.39 is 12.1 Å². The molecule has 0 aliphatic rings. The molecule has 0 amide bonds. The lowest BCUT2D eigenvalue weighted by atomic mass is 9.96. The van der Waals surface area contributed by atoms with Gasteiger partial charge in [-0.25, -0.2) is 14.3 Å². The van der Waals surface area contributed by atoms with Gasteiger partial charge in [0, 0.05) is 17.0 Å². The van der Waals surface area contributed by atoms with Crippen LogP contribution in [0.15, 0.2) is 18.2 Å². The number of nitrogens with zero attached hydrogens (tertiary/aromatic N) is 4. The van der Waals surface area contributed by atoms with Crippen molar-refractivity contribution in [3.05, 3.63) is 57.7 Å². The van der Waals surface area contributed by atoms with Crippen LogP contribution < -0.4 is 0 Å². The summed E-state index contributed by atoms with van der Waals surface area (Å²) in [6, 6.07) is 5.62. The molecule has 0 saturated heterocycles. The minimum Gasteiger partial charge on any atom is -0.448 e. The number of carbonyl (C=O) groups is 2. The molecule has 0 bridgehead atoms. The molecule has 0 N–H and O–H groups in total. The highest BCUT2D eigenvalue weighted by Gasteiger charge is 2.25. The van der Waals surface area contributed by atoms with Crippen LogP contribution >= 0.6 is 0 Å². The van der Waals surface area contributed by atoms with Crippen molar-refractivity contribution in [3.63, 3.8) is 0 Å². The molecule has 2 aromatic heterocycles. The van der Waals surface area contributed by atoms with Gasteiger partial charge in [0.2, 0.25) is 5.78 Å². The lowest BCUT2D eigenvalue weighted by molar-refractivity contribution is 0.0307. The number of benzene rings is 1. The molecular formula is C20H22N4O3. The normalized spacial score (nSPS) is 12.2. The van der Waals surface area contributed by atoms with Crippen molar-refractivity contribution in [1.82, 2.24) is 19.6 Å². The van der Waals surface area contributed by atoms with Gasteiger partial charge >= 0.3 is 5.97 Å². The van der Waals surface area contributed by atoms with Crippen molar-refractivity contribution in [2.75, 3.05) is 0 Å². The second-order valence-electron chi connectivity index (χ2n) is 6.85. The molecule has 2 heterocycles. The van der Waals surface area contributed by atoms with E-state index in [9.17, 15) is 9.59 Å². The van der Waals surface area contributed by atoms with Gasteiger partial charge in [-0.15, -0.1) is 5.10 Å². The van der Waals surface area contributed by atoms with Crippen molar-refractivity contribution in [3.8, 4) is 0 Å². The van der Waals surface area contributed by atoms with E-state index in [4.69, 9.17) is 4.74 Å². The number of ether oxygens (including phenoxy) is 1. The molecule has 0 aliphatic carbocycles. The van der Waals surface area contributed by atoms with Crippen LogP contribution in [-0.4, -0.2) is 37.4 Å². The highest BCUT2D eigenvalue weighted by molar-refractivity contribution is 6.02. The molecule has 140 valence electrons. The van der Waals surface area contributed by atoms with Crippen LogP contribution in [0.5, 0.6) is 0 Å². The van der Waals surface area contributed by atoms with Crippen molar-refractivity contribution in [2.45, 2.75) is 47.6 Å². The van der Waals surface area contributed by atoms with E-state index >= 15 is 0 Å². The third-order valence-corrected chi connectivity index (χ3v) is 4.56. The largest absolute Gasteiger partial charge is 0.448 e. The molecule has 1 aromatic carbocycles. The Bertz CT molecular complexity index is 1070. The highest BCUT2D eigenvalue weighted by Crippen LogP contribution is 2.18. The van der Waals surface area contributed by atoms with Crippen LogP contribution in [0.2, 0.25) is 0 Å². The molecule has 0 aliphatic heterocycles. The Morgan fingerprint density at radius 3 is 2.33 bits per heavy atom. The van der Waals surface area contributed by atoms with Gasteiger partial charge < -0.3 is 4.74 Å². The predicted molar refractivity (Wildman–Crippen MR) is 100 cm³/mol. The van der Waals surface area contributed by atoms with Crippen LogP contribution in [-0.2, 0) is 4.74 Å². The molecule has 3 rings (SSSR count). The van der Waals surface area contributed by atoms with Gasteiger partial charge in [-0.2, -0.15) is 4.98 Å². The molecule has 0 radical (unpaired) electrons. The summed E-state index contributed by atoms with van der Waals surface area (Å²) in [5.74, 6) is -0.797. The Kier molecular flexibility index (Phi) is 4.78. The van der Waals surface area contributed by atoms with Gasteiger partial charge in [0.1, 0.15) is 0 Å². The second kappa shape index (κ2) is 6.90. The number of hydrogen-bond donors (Lipinski definition) is 0. The lowest BCUT2D eigenvalue weighted by Gasteiger charge is -2.14. The number of rotatable bonds is 4. The van der Waals surface area contributed by atoms with E-state index in [1.54, 1.807) is 6.92 Å². The molecule has 7 nitrogen and oxygen atoms in total. The van der Waals surface area contributed by atoms with Crippen molar-refractivity contribution < 1.29 is 14.3 Å². The maximum atomic E-state index is 12.7. The van der Waals surface area contributed by atoms with Crippen molar-refractivity contribution in [2.24, 2.45) is 0 Å². The Hall–Kier alpha value is -3.09. The summed E-state index contributed by atoms with van der Waals surface area (Å²) in [6.07, 6.45) is -0.944. The zero-order valence-corrected chi connectivity index (χ0v) is 16.3. The molecule has 0 saturated carbocycles. The fourth-order valence-corrected chi connectivity index (χ4v) is 2.96. The number of aryl methyl sites for hydroxylation is 5. The van der Waals surface area contributed by atoms with E-state index in [0.717, 1.165) is 28.1 Å². The molecule has 7 heteroatoms. The highest BCUT2D eigenvalue weighted by atomic mass is 16.5. The van der Waals surface area contributed by atoms with E-state index in [1.165, 1.54) is 4.52 Å². The fourth-order valence-electron chi connectivity index (χ4n) is 2.96.